The average molecular weight is 452 g/mol. The Balaban J connectivity index is 1.21. The van der Waals surface area contributed by atoms with Crippen molar-refractivity contribution in [3.05, 3.63) is 29.3 Å². The molecule has 9 nitrogen and oxygen atoms in total. The number of hydrogen-bond acceptors (Lipinski definition) is 7. The normalized spacial score (nSPS) is 30.7. The van der Waals surface area contributed by atoms with E-state index in [1.54, 1.807) is 6.07 Å². The Labute approximate surface area is 192 Å². The van der Waals surface area contributed by atoms with Gasteiger partial charge in [-0.2, -0.15) is 0 Å². The van der Waals surface area contributed by atoms with Crippen molar-refractivity contribution < 1.29 is 19.2 Å². The van der Waals surface area contributed by atoms with Crippen LogP contribution in [0.1, 0.15) is 59.2 Å². The molecule has 4 saturated heterocycles. The van der Waals surface area contributed by atoms with Gasteiger partial charge in [0.15, 0.2) is 0 Å². The minimum atomic E-state index is -0.928. The lowest BCUT2D eigenvalue weighted by atomic mass is 10.00. The number of anilines is 1. The lowest BCUT2D eigenvalue weighted by Gasteiger charge is -2.47. The van der Waals surface area contributed by atoms with Gasteiger partial charge >= 0.3 is 0 Å². The third kappa shape index (κ3) is 3.36. The highest BCUT2D eigenvalue weighted by molar-refractivity contribution is 6.23. The minimum Gasteiger partial charge on any atom is -0.368 e. The number of carbonyl (C=O) groups is 4. The van der Waals surface area contributed by atoms with E-state index < -0.39 is 23.8 Å². The monoisotopic (exact) mass is 451 g/mol. The van der Waals surface area contributed by atoms with Crippen LogP contribution in [0.4, 0.5) is 5.69 Å². The molecule has 2 N–H and O–H groups in total. The van der Waals surface area contributed by atoms with E-state index in [-0.39, 0.29) is 18.7 Å². The number of piperidine rings is 2. The van der Waals surface area contributed by atoms with Gasteiger partial charge < -0.3 is 10.2 Å². The SMILES string of the molecule is O=C1CCC(N2C(=O)c3ccc(N4CC5CCC(C4)N5C4CCNCC4)cc3C2=O)C(=O)N1. The summed E-state index contributed by atoms with van der Waals surface area (Å²) in [4.78, 5) is 56.1. The van der Waals surface area contributed by atoms with Gasteiger partial charge in [-0.3, -0.25) is 34.3 Å². The van der Waals surface area contributed by atoms with Crippen LogP contribution in [-0.4, -0.2) is 83.8 Å². The predicted octanol–water partition coefficient (Wildman–Crippen LogP) is 0.493. The number of nitrogens with one attached hydrogen (secondary N) is 2. The molecule has 0 aliphatic carbocycles. The van der Waals surface area contributed by atoms with Gasteiger partial charge in [-0.25, -0.2) is 0 Å². The number of hydrogen-bond donors (Lipinski definition) is 2. The number of rotatable bonds is 3. The van der Waals surface area contributed by atoms with Crippen molar-refractivity contribution >= 4 is 29.3 Å². The summed E-state index contributed by atoms with van der Waals surface area (Å²) in [5.41, 5.74) is 1.65. The maximum absolute atomic E-state index is 13.2. The second-order valence-corrected chi connectivity index (χ2v) is 9.90. The minimum absolute atomic E-state index is 0.124. The maximum Gasteiger partial charge on any atom is 0.262 e. The highest BCUT2D eigenvalue weighted by Gasteiger charge is 2.46. The van der Waals surface area contributed by atoms with Crippen LogP contribution in [0.3, 0.4) is 0 Å². The van der Waals surface area contributed by atoms with E-state index in [4.69, 9.17) is 0 Å². The zero-order chi connectivity index (χ0) is 22.7. The molecule has 9 heteroatoms. The summed E-state index contributed by atoms with van der Waals surface area (Å²) in [5, 5.41) is 5.70. The second-order valence-electron chi connectivity index (χ2n) is 9.90. The molecular weight excluding hydrogens is 422 g/mol. The summed E-state index contributed by atoms with van der Waals surface area (Å²) in [6, 6.07) is 6.25. The number of amides is 4. The Morgan fingerprint density at radius 3 is 2.18 bits per heavy atom. The Bertz CT molecular complexity index is 1020. The lowest BCUT2D eigenvalue weighted by molar-refractivity contribution is -0.136. The molecule has 4 fully saturated rings. The highest BCUT2D eigenvalue weighted by Crippen LogP contribution is 2.37. The van der Waals surface area contributed by atoms with E-state index in [9.17, 15) is 19.2 Å². The molecule has 5 aliphatic heterocycles. The fourth-order valence-corrected chi connectivity index (χ4v) is 6.50. The quantitative estimate of drug-likeness (QED) is 0.645. The van der Waals surface area contributed by atoms with Gasteiger partial charge in [0.05, 0.1) is 11.1 Å². The smallest absolute Gasteiger partial charge is 0.262 e. The zero-order valence-corrected chi connectivity index (χ0v) is 18.6. The van der Waals surface area contributed by atoms with E-state index >= 15 is 0 Å². The van der Waals surface area contributed by atoms with Crippen LogP contribution < -0.4 is 15.5 Å². The predicted molar refractivity (Wildman–Crippen MR) is 120 cm³/mol. The van der Waals surface area contributed by atoms with Crippen molar-refractivity contribution in [1.82, 2.24) is 20.4 Å². The molecule has 0 radical (unpaired) electrons. The number of benzene rings is 1. The summed E-state index contributed by atoms with van der Waals surface area (Å²) >= 11 is 0. The van der Waals surface area contributed by atoms with Crippen LogP contribution in [0, 0.1) is 0 Å². The van der Waals surface area contributed by atoms with E-state index in [1.165, 1.54) is 25.7 Å². The first-order valence-corrected chi connectivity index (χ1v) is 12.1. The van der Waals surface area contributed by atoms with Gasteiger partial charge in [0, 0.05) is 43.3 Å². The Morgan fingerprint density at radius 1 is 0.788 bits per heavy atom. The summed E-state index contributed by atoms with van der Waals surface area (Å²) in [6.45, 7) is 4.04. The first-order chi connectivity index (χ1) is 16.0. The molecule has 6 rings (SSSR count). The van der Waals surface area contributed by atoms with E-state index in [0.29, 0.717) is 29.3 Å². The molecule has 174 valence electrons. The first kappa shape index (κ1) is 20.8. The number of fused-ring (bicyclic) bond motifs is 3. The largest absolute Gasteiger partial charge is 0.368 e. The molecule has 1 aromatic rings. The van der Waals surface area contributed by atoms with Gasteiger partial charge in [-0.1, -0.05) is 0 Å². The van der Waals surface area contributed by atoms with Crippen LogP contribution in [0.25, 0.3) is 0 Å². The summed E-state index contributed by atoms with van der Waals surface area (Å²) < 4.78 is 0. The Morgan fingerprint density at radius 2 is 1.48 bits per heavy atom. The molecule has 33 heavy (non-hydrogen) atoms. The van der Waals surface area contributed by atoms with Crippen molar-refractivity contribution in [3.63, 3.8) is 0 Å². The van der Waals surface area contributed by atoms with E-state index in [0.717, 1.165) is 36.8 Å². The van der Waals surface area contributed by atoms with Crippen molar-refractivity contribution in [2.24, 2.45) is 0 Å². The number of imide groups is 2. The van der Waals surface area contributed by atoms with Crippen molar-refractivity contribution in [2.45, 2.75) is 62.7 Å². The lowest BCUT2D eigenvalue weighted by Crippen LogP contribution is -2.59. The first-order valence-electron chi connectivity index (χ1n) is 12.1. The Kier molecular flexibility index (Phi) is 4.99. The van der Waals surface area contributed by atoms with Crippen LogP contribution in [0.15, 0.2) is 18.2 Å². The third-order valence-corrected chi connectivity index (χ3v) is 8.06. The highest BCUT2D eigenvalue weighted by atomic mass is 16.2. The molecule has 2 bridgehead atoms. The molecule has 0 spiro atoms. The van der Waals surface area contributed by atoms with Crippen LogP contribution >= 0.6 is 0 Å². The molecule has 3 atom stereocenters. The fourth-order valence-electron chi connectivity index (χ4n) is 6.50. The van der Waals surface area contributed by atoms with Gasteiger partial charge in [0.2, 0.25) is 11.8 Å². The number of piperazine rings is 1. The fraction of sp³-hybridized carbons (Fsp3) is 0.583. The zero-order valence-electron chi connectivity index (χ0n) is 18.6. The van der Waals surface area contributed by atoms with Crippen molar-refractivity contribution in [2.75, 3.05) is 31.1 Å². The number of carbonyl (C=O) groups excluding carboxylic acids is 4. The summed E-state index contributed by atoms with van der Waals surface area (Å²) in [6.07, 6.45) is 5.12. The maximum atomic E-state index is 13.2. The molecule has 5 heterocycles. The second kappa shape index (κ2) is 7.92. The molecule has 1 aromatic carbocycles. The van der Waals surface area contributed by atoms with Gasteiger partial charge in [0.1, 0.15) is 6.04 Å². The van der Waals surface area contributed by atoms with Gasteiger partial charge in [-0.05, 0) is 63.4 Å². The average Bonchev–Trinajstić information content (AvgIpc) is 3.23. The van der Waals surface area contributed by atoms with Gasteiger partial charge in [-0.15, -0.1) is 0 Å². The van der Waals surface area contributed by atoms with Crippen molar-refractivity contribution in [3.8, 4) is 0 Å². The summed E-state index contributed by atoms with van der Waals surface area (Å²) in [7, 11) is 0. The van der Waals surface area contributed by atoms with E-state index in [1.807, 2.05) is 12.1 Å². The summed E-state index contributed by atoms with van der Waals surface area (Å²) in [5.74, 6) is -1.84. The third-order valence-electron chi connectivity index (χ3n) is 8.06. The van der Waals surface area contributed by atoms with Crippen LogP contribution in [0.2, 0.25) is 0 Å². The topological polar surface area (TPSA) is 102 Å². The standard InChI is InChI=1S/C24H29N5O4/c30-21-6-5-20(22(31)26-21)29-23(32)18-4-3-15(11-19(18)24(29)33)27-12-16-1-2-17(13-27)28(16)14-7-9-25-10-8-14/h3-4,11,14,16-17,20,25H,1-2,5-10,12-13H2,(H,26,30,31). The molecule has 0 aromatic heterocycles. The van der Waals surface area contributed by atoms with Crippen molar-refractivity contribution in [1.29, 1.82) is 0 Å². The molecule has 5 aliphatic rings. The molecule has 4 amide bonds. The van der Waals surface area contributed by atoms with E-state index in [2.05, 4.69) is 20.4 Å². The van der Waals surface area contributed by atoms with Gasteiger partial charge in [0.25, 0.3) is 11.8 Å². The van der Waals surface area contributed by atoms with Crippen LogP contribution in [-0.2, 0) is 9.59 Å². The molecule has 0 saturated carbocycles. The molecular formula is C24H29N5O4. The van der Waals surface area contributed by atoms with Crippen LogP contribution in [0.5, 0.6) is 0 Å². The number of nitrogens with zero attached hydrogens (tertiary/aromatic N) is 3. The Hall–Kier alpha value is -2.78. The molecule has 3 unspecified atom stereocenters.